The van der Waals surface area contributed by atoms with Crippen LogP contribution in [-0.2, 0) is 6.42 Å². The van der Waals surface area contributed by atoms with Gasteiger partial charge in [0.2, 0.25) is 0 Å². The summed E-state index contributed by atoms with van der Waals surface area (Å²) in [6, 6.07) is 6.37. The van der Waals surface area contributed by atoms with Crippen LogP contribution in [0.15, 0.2) is 49.1 Å². The lowest BCUT2D eigenvalue weighted by Crippen LogP contribution is -2.14. The summed E-state index contributed by atoms with van der Waals surface area (Å²) in [5.41, 5.74) is 8.49. The van der Waals surface area contributed by atoms with E-state index in [1.807, 2.05) is 6.07 Å². The van der Waals surface area contributed by atoms with Crippen molar-refractivity contribution in [2.75, 3.05) is 0 Å². The van der Waals surface area contributed by atoms with Crippen LogP contribution in [0.2, 0.25) is 0 Å². The fourth-order valence-corrected chi connectivity index (χ4v) is 2.15. The second-order valence-corrected chi connectivity index (χ2v) is 4.41. The summed E-state index contributed by atoms with van der Waals surface area (Å²) in [7, 11) is 0. The maximum absolute atomic E-state index is 13.6. The van der Waals surface area contributed by atoms with E-state index in [-0.39, 0.29) is 11.9 Å². The summed E-state index contributed by atoms with van der Waals surface area (Å²) in [6.07, 6.45) is 7.27. The predicted molar refractivity (Wildman–Crippen MR) is 70.0 cm³/mol. The van der Waals surface area contributed by atoms with E-state index < -0.39 is 0 Å². The molecule has 2 aromatic heterocycles. The van der Waals surface area contributed by atoms with Gasteiger partial charge in [-0.05, 0) is 18.1 Å². The van der Waals surface area contributed by atoms with Gasteiger partial charge >= 0.3 is 0 Å². The van der Waals surface area contributed by atoms with Gasteiger partial charge in [-0.15, -0.1) is 0 Å². The third-order valence-electron chi connectivity index (χ3n) is 3.15. The van der Waals surface area contributed by atoms with Gasteiger partial charge in [0.25, 0.3) is 0 Å². The van der Waals surface area contributed by atoms with Crippen molar-refractivity contribution in [3.05, 3.63) is 66.0 Å². The highest BCUT2D eigenvalue weighted by Gasteiger charge is 2.14. The second-order valence-electron chi connectivity index (χ2n) is 4.41. The number of aromatic nitrogens is 3. The Labute approximate surface area is 109 Å². The van der Waals surface area contributed by atoms with Crippen LogP contribution < -0.4 is 5.73 Å². The Balaban J connectivity index is 1.92. The zero-order chi connectivity index (χ0) is 13.2. The van der Waals surface area contributed by atoms with Gasteiger partial charge in [0, 0.05) is 24.0 Å². The average molecular weight is 256 g/mol. The molecule has 2 heterocycles. The number of rotatable bonds is 3. The zero-order valence-corrected chi connectivity index (χ0v) is 10.2. The molecule has 0 aliphatic heterocycles. The molecule has 96 valence electrons. The van der Waals surface area contributed by atoms with E-state index in [4.69, 9.17) is 5.73 Å². The molecule has 0 aliphatic carbocycles. The maximum atomic E-state index is 13.6. The molecule has 1 unspecified atom stereocenters. The van der Waals surface area contributed by atoms with E-state index in [0.29, 0.717) is 12.0 Å². The van der Waals surface area contributed by atoms with E-state index in [1.54, 1.807) is 41.4 Å². The lowest BCUT2D eigenvalue weighted by Gasteiger charge is -2.11. The maximum Gasteiger partial charge on any atom is 0.126 e. The molecule has 2 N–H and O–H groups in total. The standard InChI is InChI=1S/C14H13FN4/c15-12-4-2-1-3-10(12)7-13(16)11-8-18-19-6-5-17-9-14(11)19/h1-6,8-9,13H,7,16H2. The second kappa shape index (κ2) is 4.78. The molecule has 0 spiro atoms. The van der Waals surface area contributed by atoms with Crippen LogP contribution in [-0.4, -0.2) is 14.6 Å². The van der Waals surface area contributed by atoms with Gasteiger partial charge in [-0.1, -0.05) is 18.2 Å². The van der Waals surface area contributed by atoms with Gasteiger partial charge in [0.1, 0.15) is 5.82 Å². The molecule has 1 aromatic carbocycles. The van der Waals surface area contributed by atoms with Crippen LogP contribution in [0.3, 0.4) is 0 Å². The molecule has 5 heteroatoms. The fraction of sp³-hybridized carbons (Fsp3) is 0.143. The first-order chi connectivity index (χ1) is 9.25. The van der Waals surface area contributed by atoms with Crippen molar-refractivity contribution in [2.45, 2.75) is 12.5 Å². The number of benzene rings is 1. The SMILES string of the molecule is NC(Cc1ccccc1F)c1cnn2ccncc12. The monoisotopic (exact) mass is 256 g/mol. The quantitative estimate of drug-likeness (QED) is 0.780. The van der Waals surface area contributed by atoms with Gasteiger partial charge in [-0.25, -0.2) is 8.91 Å². The molecule has 4 nitrogen and oxygen atoms in total. The van der Waals surface area contributed by atoms with Crippen molar-refractivity contribution in [3.8, 4) is 0 Å². The predicted octanol–water partition coefficient (Wildman–Crippen LogP) is 2.11. The van der Waals surface area contributed by atoms with Gasteiger partial charge in [-0.3, -0.25) is 4.98 Å². The lowest BCUT2D eigenvalue weighted by atomic mass is 10.0. The summed E-state index contributed by atoms with van der Waals surface area (Å²) in [4.78, 5) is 4.06. The molecule has 0 bridgehead atoms. The third-order valence-corrected chi connectivity index (χ3v) is 3.15. The molecule has 0 aliphatic rings. The van der Waals surface area contributed by atoms with Crippen molar-refractivity contribution in [1.29, 1.82) is 0 Å². The van der Waals surface area contributed by atoms with Gasteiger partial charge in [0.15, 0.2) is 0 Å². The van der Waals surface area contributed by atoms with Crippen LogP contribution >= 0.6 is 0 Å². The summed E-state index contributed by atoms with van der Waals surface area (Å²) in [5, 5.41) is 4.21. The van der Waals surface area contributed by atoms with Crippen molar-refractivity contribution in [2.24, 2.45) is 5.73 Å². The molecule has 0 amide bonds. The molecule has 0 radical (unpaired) electrons. The Hall–Kier alpha value is -2.27. The Kier molecular flexibility index (Phi) is 2.97. The van der Waals surface area contributed by atoms with E-state index >= 15 is 0 Å². The minimum atomic E-state index is -0.307. The van der Waals surface area contributed by atoms with Crippen LogP contribution in [0.25, 0.3) is 5.52 Å². The van der Waals surface area contributed by atoms with E-state index in [0.717, 1.165) is 11.1 Å². The van der Waals surface area contributed by atoms with Crippen molar-refractivity contribution in [1.82, 2.24) is 14.6 Å². The summed E-state index contributed by atoms with van der Waals surface area (Å²) in [6.45, 7) is 0. The molecule has 3 rings (SSSR count). The Morgan fingerprint density at radius 3 is 2.95 bits per heavy atom. The highest BCUT2D eigenvalue weighted by molar-refractivity contribution is 5.53. The minimum absolute atomic E-state index is 0.229. The van der Waals surface area contributed by atoms with Crippen LogP contribution in [0, 0.1) is 5.82 Å². The highest BCUT2D eigenvalue weighted by atomic mass is 19.1. The van der Waals surface area contributed by atoms with Crippen LogP contribution in [0.4, 0.5) is 4.39 Å². The molecule has 19 heavy (non-hydrogen) atoms. The largest absolute Gasteiger partial charge is 0.324 e. The van der Waals surface area contributed by atoms with Crippen LogP contribution in [0.1, 0.15) is 17.2 Å². The topological polar surface area (TPSA) is 56.2 Å². The molecule has 3 aromatic rings. The Morgan fingerprint density at radius 2 is 2.11 bits per heavy atom. The third kappa shape index (κ3) is 2.20. The van der Waals surface area contributed by atoms with Crippen molar-refractivity contribution in [3.63, 3.8) is 0 Å². The smallest absolute Gasteiger partial charge is 0.126 e. The lowest BCUT2D eigenvalue weighted by molar-refractivity contribution is 0.594. The van der Waals surface area contributed by atoms with E-state index in [2.05, 4.69) is 10.1 Å². The molecular weight excluding hydrogens is 243 g/mol. The number of hydrogen-bond acceptors (Lipinski definition) is 3. The van der Waals surface area contributed by atoms with Gasteiger partial charge in [0.05, 0.1) is 17.9 Å². The fourth-order valence-electron chi connectivity index (χ4n) is 2.15. The number of nitrogens with zero attached hydrogens (tertiary/aromatic N) is 3. The first kappa shape index (κ1) is 11.8. The Bertz CT molecular complexity index is 707. The van der Waals surface area contributed by atoms with Crippen LogP contribution in [0.5, 0.6) is 0 Å². The highest BCUT2D eigenvalue weighted by Crippen LogP contribution is 2.21. The van der Waals surface area contributed by atoms with Gasteiger partial charge in [-0.2, -0.15) is 5.10 Å². The van der Waals surface area contributed by atoms with Crippen molar-refractivity contribution >= 4 is 5.52 Å². The van der Waals surface area contributed by atoms with E-state index in [1.165, 1.54) is 6.07 Å². The molecular formula is C14H13FN4. The first-order valence-corrected chi connectivity index (χ1v) is 6.02. The summed E-state index contributed by atoms with van der Waals surface area (Å²) >= 11 is 0. The normalized spacial score (nSPS) is 12.7. The first-order valence-electron chi connectivity index (χ1n) is 6.02. The van der Waals surface area contributed by atoms with Gasteiger partial charge < -0.3 is 5.73 Å². The molecule has 0 saturated heterocycles. The Morgan fingerprint density at radius 1 is 1.26 bits per heavy atom. The molecule has 1 atom stereocenters. The van der Waals surface area contributed by atoms with E-state index in [9.17, 15) is 4.39 Å². The minimum Gasteiger partial charge on any atom is -0.324 e. The number of fused-ring (bicyclic) bond motifs is 1. The van der Waals surface area contributed by atoms with Crippen molar-refractivity contribution < 1.29 is 4.39 Å². The number of nitrogens with two attached hydrogens (primary N) is 1. The zero-order valence-electron chi connectivity index (χ0n) is 10.2. The molecule has 0 saturated carbocycles. The molecule has 0 fully saturated rings. The summed E-state index contributed by atoms with van der Waals surface area (Å²) < 4.78 is 15.3. The summed E-state index contributed by atoms with van der Waals surface area (Å²) in [5.74, 6) is -0.229. The number of halogens is 1. The average Bonchev–Trinajstić information content (AvgIpc) is 2.85. The number of hydrogen-bond donors (Lipinski definition) is 1.